The van der Waals surface area contributed by atoms with Crippen molar-refractivity contribution in [3.8, 4) is 0 Å². The van der Waals surface area contributed by atoms with E-state index < -0.39 is 5.97 Å². The molecule has 4 nitrogen and oxygen atoms in total. The van der Waals surface area contributed by atoms with E-state index in [1.807, 2.05) is 0 Å². The van der Waals surface area contributed by atoms with Gasteiger partial charge in [0.1, 0.15) is 0 Å². The molecule has 0 bridgehead atoms. The molecule has 0 aliphatic rings. The van der Waals surface area contributed by atoms with Crippen molar-refractivity contribution in [3.05, 3.63) is 23.5 Å². The third kappa shape index (κ3) is 3.96. The fraction of sp³-hybridized carbons (Fsp3) is 0.583. The van der Waals surface area contributed by atoms with E-state index >= 15 is 0 Å². The highest BCUT2D eigenvalue weighted by Crippen LogP contribution is 2.05. The largest absolute Gasteiger partial charge is 0.481 e. The Hall–Kier alpha value is -1.45. The molecule has 90 valence electrons. The standard InChI is InChI=1S/C12H20N2O2/c1-10-7-8-11(2)14(10)13-9-5-3-4-6-12(15)16/h7-8,13H,3-6,9H2,1-2H3,(H,15,16). The van der Waals surface area contributed by atoms with E-state index in [1.54, 1.807) is 0 Å². The van der Waals surface area contributed by atoms with Gasteiger partial charge in [0.2, 0.25) is 0 Å². The minimum absolute atomic E-state index is 0.279. The molecule has 0 amide bonds. The fourth-order valence-corrected chi connectivity index (χ4v) is 1.69. The van der Waals surface area contributed by atoms with E-state index in [-0.39, 0.29) is 6.42 Å². The molecule has 1 rings (SSSR count). The van der Waals surface area contributed by atoms with Gasteiger partial charge in [-0.25, -0.2) is 0 Å². The van der Waals surface area contributed by atoms with Gasteiger partial charge in [-0.2, -0.15) is 0 Å². The number of carboxylic acid groups (broad SMARTS) is 1. The summed E-state index contributed by atoms with van der Waals surface area (Å²) in [5, 5.41) is 8.47. The number of nitrogens with one attached hydrogen (secondary N) is 1. The number of nitrogens with zero attached hydrogens (tertiary/aromatic N) is 1. The average Bonchev–Trinajstić information content (AvgIpc) is 2.53. The zero-order valence-electron chi connectivity index (χ0n) is 9.99. The predicted octanol–water partition coefficient (Wildman–Crippen LogP) is 2.29. The van der Waals surface area contributed by atoms with Crippen molar-refractivity contribution >= 4 is 5.97 Å². The number of hydrogen-bond donors (Lipinski definition) is 2. The molecule has 0 aromatic carbocycles. The van der Waals surface area contributed by atoms with Crippen LogP contribution in [0.15, 0.2) is 12.1 Å². The molecular formula is C12H20N2O2. The first kappa shape index (κ1) is 12.6. The summed E-state index contributed by atoms with van der Waals surface area (Å²) in [4.78, 5) is 10.3. The number of hydrogen-bond acceptors (Lipinski definition) is 2. The first-order valence-electron chi connectivity index (χ1n) is 5.72. The van der Waals surface area contributed by atoms with E-state index in [0.717, 1.165) is 25.8 Å². The molecule has 1 aromatic heterocycles. The van der Waals surface area contributed by atoms with Gasteiger partial charge in [-0.15, -0.1) is 0 Å². The Morgan fingerprint density at radius 3 is 2.44 bits per heavy atom. The summed E-state index contributed by atoms with van der Waals surface area (Å²) in [6.45, 7) is 5.00. The lowest BCUT2D eigenvalue weighted by molar-refractivity contribution is -0.137. The Kier molecular flexibility index (Phi) is 4.89. The Bertz CT molecular complexity index is 325. The van der Waals surface area contributed by atoms with Gasteiger partial charge in [0.05, 0.1) is 0 Å². The Morgan fingerprint density at radius 2 is 1.88 bits per heavy atom. The van der Waals surface area contributed by atoms with Crippen molar-refractivity contribution in [2.75, 3.05) is 12.0 Å². The fourth-order valence-electron chi connectivity index (χ4n) is 1.69. The van der Waals surface area contributed by atoms with E-state index in [2.05, 4.69) is 36.1 Å². The van der Waals surface area contributed by atoms with E-state index in [9.17, 15) is 4.79 Å². The molecule has 0 unspecified atom stereocenters. The number of rotatable bonds is 7. The van der Waals surface area contributed by atoms with Crippen LogP contribution in [0.1, 0.15) is 37.1 Å². The van der Waals surface area contributed by atoms with Crippen molar-refractivity contribution in [2.45, 2.75) is 39.5 Å². The van der Waals surface area contributed by atoms with Crippen molar-refractivity contribution in [1.29, 1.82) is 0 Å². The topological polar surface area (TPSA) is 54.3 Å². The second-order valence-corrected chi connectivity index (χ2v) is 4.06. The summed E-state index contributed by atoms with van der Waals surface area (Å²) in [7, 11) is 0. The van der Waals surface area contributed by atoms with Crippen LogP contribution in [-0.4, -0.2) is 22.3 Å². The van der Waals surface area contributed by atoms with Gasteiger partial charge in [0.15, 0.2) is 0 Å². The molecule has 2 N–H and O–H groups in total. The van der Waals surface area contributed by atoms with E-state index in [0.29, 0.717) is 0 Å². The van der Waals surface area contributed by atoms with Gasteiger partial charge < -0.3 is 10.5 Å². The number of aryl methyl sites for hydroxylation is 2. The maximum atomic E-state index is 10.3. The van der Waals surface area contributed by atoms with E-state index in [4.69, 9.17) is 5.11 Å². The lowest BCUT2D eigenvalue weighted by Crippen LogP contribution is -2.18. The lowest BCUT2D eigenvalue weighted by atomic mass is 10.2. The van der Waals surface area contributed by atoms with Crippen LogP contribution in [0.25, 0.3) is 0 Å². The molecule has 0 aliphatic heterocycles. The molecule has 4 heteroatoms. The zero-order chi connectivity index (χ0) is 12.0. The summed E-state index contributed by atoms with van der Waals surface area (Å²) in [5.41, 5.74) is 5.71. The number of carboxylic acids is 1. The number of aliphatic carboxylic acids is 1. The third-order valence-corrected chi connectivity index (χ3v) is 2.61. The molecule has 0 aliphatic carbocycles. The minimum atomic E-state index is -0.704. The van der Waals surface area contributed by atoms with Crippen LogP contribution in [0.4, 0.5) is 0 Å². The quantitative estimate of drug-likeness (QED) is 0.699. The first-order chi connectivity index (χ1) is 7.61. The summed E-state index contributed by atoms with van der Waals surface area (Å²) >= 11 is 0. The first-order valence-corrected chi connectivity index (χ1v) is 5.72. The van der Waals surface area contributed by atoms with Crippen LogP contribution in [0.3, 0.4) is 0 Å². The highest BCUT2D eigenvalue weighted by Gasteiger charge is 1.99. The van der Waals surface area contributed by atoms with Crippen LogP contribution in [0.5, 0.6) is 0 Å². The maximum Gasteiger partial charge on any atom is 0.303 e. The summed E-state index contributed by atoms with van der Waals surface area (Å²) in [6, 6.07) is 4.15. The highest BCUT2D eigenvalue weighted by atomic mass is 16.4. The molecular weight excluding hydrogens is 204 g/mol. The van der Waals surface area contributed by atoms with Crippen LogP contribution in [0.2, 0.25) is 0 Å². The van der Waals surface area contributed by atoms with Gasteiger partial charge in [-0.3, -0.25) is 9.47 Å². The second-order valence-electron chi connectivity index (χ2n) is 4.06. The normalized spacial score (nSPS) is 10.4. The second kappa shape index (κ2) is 6.20. The number of unbranched alkanes of at least 4 members (excludes halogenated alkanes) is 2. The van der Waals surface area contributed by atoms with Gasteiger partial charge >= 0.3 is 5.97 Å². The number of carbonyl (C=O) groups is 1. The zero-order valence-corrected chi connectivity index (χ0v) is 9.99. The smallest absolute Gasteiger partial charge is 0.303 e. The van der Waals surface area contributed by atoms with Gasteiger partial charge in [-0.05, 0) is 38.8 Å². The average molecular weight is 224 g/mol. The van der Waals surface area contributed by atoms with Crippen LogP contribution in [0, 0.1) is 13.8 Å². The van der Waals surface area contributed by atoms with Gasteiger partial charge in [0, 0.05) is 24.4 Å². The Balaban J connectivity index is 2.14. The van der Waals surface area contributed by atoms with Crippen molar-refractivity contribution in [3.63, 3.8) is 0 Å². The maximum absolute atomic E-state index is 10.3. The number of aromatic nitrogens is 1. The Morgan fingerprint density at radius 1 is 1.25 bits per heavy atom. The molecule has 0 saturated heterocycles. The highest BCUT2D eigenvalue weighted by molar-refractivity contribution is 5.66. The molecule has 0 saturated carbocycles. The van der Waals surface area contributed by atoms with Crippen molar-refractivity contribution in [2.24, 2.45) is 0 Å². The minimum Gasteiger partial charge on any atom is -0.481 e. The van der Waals surface area contributed by atoms with Gasteiger partial charge in [-0.1, -0.05) is 6.42 Å². The van der Waals surface area contributed by atoms with Crippen LogP contribution in [-0.2, 0) is 4.79 Å². The summed E-state index contributed by atoms with van der Waals surface area (Å²) < 4.78 is 2.07. The predicted molar refractivity (Wildman–Crippen MR) is 64.2 cm³/mol. The molecule has 1 heterocycles. The lowest BCUT2D eigenvalue weighted by Gasteiger charge is -2.12. The summed E-state index contributed by atoms with van der Waals surface area (Å²) in [5.74, 6) is -0.704. The molecule has 16 heavy (non-hydrogen) atoms. The molecule has 0 atom stereocenters. The SMILES string of the molecule is Cc1ccc(C)n1NCCCCCC(=O)O. The Labute approximate surface area is 96.2 Å². The van der Waals surface area contributed by atoms with Crippen molar-refractivity contribution < 1.29 is 9.90 Å². The van der Waals surface area contributed by atoms with E-state index in [1.165, 1.54) is 11.4 Å². The van der Waals surface area contributed by atoms with Crippen LogP contribution < -0.4 is 5.43 Å². The molecule has 0 fully saturated rings. The summed E-state index contributed by atoms with van der Waals surface area (Å²) in [6.07, 6.45) is 3.01. The van der Waals surface area contributed by atoms with Gasteiger partial charge in [0.25, 0.3) is 0 Å². The molecule has 0 radical (unpaired) electrons. The molecule has 1 aromatic rings. The molecule has 0 spiro atoms. The van der Waals surface area contributed by atoms with Crippen LogP contribution >= 0.6 is 0 Å². The monoisotopic (exact) mass is 224 g/mol. The third-order valence-electron chi connectivity index (χ3n) is 2.61. The van der Waals surface area contributed by atoms with Crippen molar-refractivity contribution in [1.82, 2.24) is 4.68 Å².